The second kappa shape index (κ2) is 5.80. The normalized spacial score (nSPS) is 11.5. The van der Waals surface area contributed by atoms with Gasteiger partial charge in [0.15, 0.2) is 0 Å². The third-order valence-electron chi connectivity index (χ3n) is 2.35. The molecule has 0 aliphatic heterocycles. The van der Waals surface area contributed by atoms with E-state index in [0.29, 0.717) is 5.56 Å². The van der Waals surface area contributed by atoms with Crippen LogP contribution < -0.4 is 5.32 Å². The molecule has 1 aromatic heterocycles. The van der Waals surface area contributed by atoms with E-state index in [1.165, 1.54) is 18.2 Å². The molecule has 0 fully saturated rings. The smallest absolute Gasteiger partial charge is 0.293 e. The van der Waals surface area contributed by atoms with Crippen molar-refractivity contribution in [3.8, 4) is 0 Å². The van der Waals surface area contributed by atoms with Gasteiger partial charge in [-0.05, 0) is 33.6 Å². The summed E-state index contributed by atoms with van der Waals surface area (Å²) in [7, 11) is 0. The summed E-state index contributed by atoms with van der Waals surface area (Å²) in [6.07, 6.45) is -4.83. The maximum Gasteiger partial charge on any atom is 0.451 e. The molecule has 2 aromatic rings. The summed E-state index contributed by atoms with van der Waals surface area (Å²) in [6, 6.07) is 3.95. The lowest BCUT2D eigenvalue weighted by molar-refractivity contribution is -0.144. The molecule has 0 bridgehead atoms. The number of halogens is 5. The van der Waals surface area contributed by atoms with Gasteiger partial charge in [0.1, 0.15) is 5.82 Å². The monoisotopic (exact) mass is 366 g/mol. The predicted molar refractivity (Wildman–Crippen MR) is 67.8 cm³/mol. The maximum atomic E-state index is 13.0. The number of benzene rings is 1. The summed E-state index contributed by atoms with van der Waals surface area (Å²) in [6.45, 7) is 0. The summed E-state index contributed by atoms with van der Waals surface area (Å²) in [4.78, 5) is 14.7. The Balaban J connectivity index is 2.01. The Labute approximate surface area is 123 Å². The molecule has 10 heteroatoms. The summed E-state index contributed by atoms with van der Waals surface area (Å²) in [5.41, 5.74) is 0.479. The topological polar surface area (TPSA) is 70.7 Å². The lowest BCUT2D eigenvalue weighted by Gasteiger charge is -2.03. The molecule has 0 aliphatic rings. The molecule has 112 valence electrons. The largest absolute Gasteiger partial charge is 0.451 e. The first-order valence-electron chi connectivity index (χ1n) is 5.49. The molecule has 0 spiro atoms. The first kappa shape index (κ1) is 15.4. The molecule has 21 heavy (non-hydrogen) atoms. The number of H-pyrrole nitrogens is 1. The van der Waals surface area contributed by atoms with E-state index in [9.17, 15) is 22.4 Å². The van der Waals surface area contributed by atoms with E-state index in [1.54, 1.807) is 5.10 Å². The third-order valence-corrected chi connectivity index (χ3v) is 2.96. The Bertz CT molecular complexity index is 670. The van der Waals surface area contributed by atoms with Gasteiger partial charge in [0.25, 0.3) is 0 Å². The highest BCUT2D eigenvalue weighted by molar-refractivity contribution is 9.10. The van der Waals surface area contributed by atoms with Crippen molar-refractivity contribution in [1.82, 2.24) is 15.2 Å². The molecule has 1 heterocycles. The van der Waals surface area contributed by atoms with Gasteiger partial charge in [0.2, 0.25) is 17.7 Å². The van der Waals surface area contributed by atoms with Crippen molar-refractivity contribution in [1.29, 1.82) is 0 Å². The number of anilines is 1. The Kier molecular flexibility index (Phi) is 4.26. The standard InChI is InChI=1S/C11H7BrF4N4O/c12-6-3-5(1-2-7(6)13)4-8(21)17-10-18-9(19-20-10)11(14,15)16/h1-3H,4H2,(H2,17,18,19,20,21). The van der Waals surface area contributed by atoms with Gasteiger partial charge in [-0.2, -0.15) is 18.2 Å². The maximum absolute atomic E-state index is 13.0. The van der Waals surface area contributed by atoms with Crippen molar-refractivity contribution in [3.63, 3.8) is 0 Å². The molecule has 2 rings (SSSR count). The minimum absolute atomic E-state index is 0.158. The van der Waals surface area contributed by atoms with Crippen molar-refractivity contribution >= 4 is 27.8 Å². The number of aromatic nitrogens is 3. The molecule has 0 saturated heterocycles. The van der Waals surface area contributed by atoms with Gasteiger partial charge >= 0.3 is 6.18 Å². The summed E-state index contributed by atoms with van der Waals surface area (Å²) in [5.74, 6) is -2.89. The molecular formula is C11H7BrF4N4O. The van der Waals surface area contributed by atoms with Crippen molar-refractivity contribution < 1.29 is 22.4 Å². The van der Waals surface area contributed by atoms with Crippen LogP contribution in [0, 0.1) is 5.82 Å². The number of nitrogens with one attached hydrogen (secondary N) is 2. The van der Waals surface area contributed by atoms with Crippen molar-refractivity contribution in [2.45, 2.75) is 12.6 Å². The molecule has 0 saturated carbocycles. The van der Waals surface area contributed by atoms with Gasteiger partial charge in [-0.15, -0.1) is 5.10 Å². The van der Waals surface area contributed by atoms with Gasteiger partial charge < -0.3 is 0 Å². The Hall–Kier alpha value is -1.97. The van der Waals surface area contributed by atoms with E-state index >= 15 is 0 Å². The zero-order valence-electron chi connectivity index (χ0n) is 10.1. The Morgan fingerprint density at radius 3 is 2.67 bits per heavy atom. The number of hydrogen-bond donors (Lipinski definition) is 2. The fraction of sp³-hybridized carbons (Fsp3) is 0.182. The van der Waals surface area contributed by atoms with E-state index < -0.39 is 29.7 Å². The average Bonchev–Trinajstić information content (AvgIpc) is 2.82. The van der Waals surface area contributed by atoms with Gasteiger partial charge in [0.05, 0.1) is 10.9 Å². The van der Waals surface area contributed by atoms with Crippen LogP contribution in [0.2, 0.25) is 0 Å². The van der Waals surface area contributed by atoms with E-state index in [-0.39, 0.29) is 10.9 Å². The number of nitrogens with zero attached hydrogens (tertiary/aromatic N) is 2. The molecule has 1 aromatic carbocycles. The zero-order chi connectivity index (χ0) is 15.6. The molecule has 0 unspecified atom stereocenters. The van der Waals surface area contributed by atoms with E-state index in [4.69, 9.17) is 0 Å². The lowest BCUT2D eigenvalue weighted by atomic mass is 10.1. The van der Waals surface area contributed by atoms with E-state index in [0.717, 1.165) is 0 Å². The number of hydrogen-bond acceptors (Lipinski definition) is 3. The van der Waals surface area contributed by atoms with Crippen molar-refractivity contribution in [3.05, 3.63) is 39.9 Å². The molecular weight excluding hydrogens is 360 g/mol. The van der Waals surface area contributed by atoms with Gasteiger partial charge in [-0.1, -0.05) is 6.07 Å². The van der Waals surface area contributed by atoms with Crippen LogP contribution in [0.15, 0.2) is 22.7 Å². The molecule has 1 amide bonds. The number of aromatic amines is 1. The van der Waals surface area contributed by atoms with Gasteiger partial charge in [-0.3, -0.25) is 15.2 Å². The second-order valence-corrected chi connectivity index (χ2v) is 4.83. The highest BCUT2D eigenvalue weighted by Crippen LogP contribution is 2.26. The number of carbonyl (C=O) groups excluding carboxylic acids is 1. The fourth-order valence-corrected chi connectivity index (χ4v) is 1.87. The van der Waals surface area contributed by atoms with Crippen LogP contribution in [-0.4, -0.2) is 21.1 Å². The SMILES string of the molecule is O=C(Cc1ccc(F)c(Br)c1)Nc1n[nH]c(C(F)(F)F)n1. The number of amides is 1. The van der Waals surface area contributed by atoms with Crippen LogP contribution in [-0.2, 0) is 17.4 Å². The molecule has 0 aliphatic carbocycles. The van der Waals surface area contributed by atoms with Crippen LogP contribution in [0.4, 0.5) is 23.5 Å². The Morgan fingerprint density at radius 2 is 2.10 bits per heavy atom. The number of alkyl halides is 3. The third kappa shape index (κ3) is 4.00. The Morgan fingerprint density at radius 1 is 1.38 bits per heavy atom. The highest BCUT2D eigenvalue weighted by atomic mass is 79.9. The van der Waals surface area contributed by atoms with E-state index in [1.807, 2.05) is 0 Å². The zero-order valence-corrected chi connectivity index (χ0v) is 11.7. The molecule has 2 N–H and O–H groups in total. The predicted octanol–water partition coefficient (Wildman–Crippen LogP) is 2.91. The fourth-order valence-electron chi connectivity index (χ4n) is 1.45. The average molecular weight is 367 g/mol. The molecule has 0 atom stereocenters. The first-order valence-corrected chi connectivity index (χ1v) is 6.28. The van der Waals surface area contributed by atoms with Crippen LogP contribution in [0.25, 0.3) is 0 Å². The second-order valence-electron chi connectivity index (χ2n) is 3.98. The minimum atomic E-state index is -4.67. The van der Waals surface area contributed by atoms with Crippen LogP contribution in [0.1, 0.15) is 11.4 Å². The van der Waals surface area contributed by atoms with Crippen LogP contribution >= 0.6 is 15.9 Å². The summed E-state index contributed by atoms with van der Waals surface area (Å²) >= 11 is 2.97. The van der Waals surface area contributed by atoms with Crippen LogP contribution in [0.3, 0.4) is 0 Å². The van der Waals surface area contributed by atoms with E-state index in [2.05, 4.69) is 31.3 Å². The minimum Gasteiger partial charge on any atom is -0.293 e. The first-order chi connectivity index (χ1) is 9.75. The van der Waals surface area contributed by atoms with Crippen molar-refractivity contribution in [2.75, 3.05) is 5.32 Å². The molecule has 5 nitrogen and oxygen atoms in total. The number of carbonyl (C=O) groups is 1. The van der Waals surface area contributed by atoms with Crippen molar-refractivity contribution in [2.24, 2.45) is 0 Å². The highest BCUT2D eigenvalue weighted by Gasteiger charge is 2.35. The summed E-state index contributed by atoms with van der Waals surface area (Å²) < 4.78 is 50.0. The number of rotatable bonds is 3. The summed E-state index contributed by atoms with van der Waals surface area (Å²) in [5, 5.41) is 7.03. The van der Waals surface area contributed by atoms with Gasteiger partial charge in [0, 0.05) is 0 Å². The quantitative estimate of drug-likeness (QED) is 0.820. The van der Waals surface area contributed by atoms with Gasteiger partial charge in [-0.25, -0.2) is 4.39 Å². The lowest BCUT2D eigenvalue weighted by Crippen LogP contribution is -2.15. The molecule has 0 radical (unpaired) electrons. The van der Waals surface area contributed by atoms with Crippen LogP contribution in [0.5, 0.6) is 0 Å².